The minimum atomic E-state index is -4.06. The first-order valence-corrected chi connectivity index (χ1v) is 18.2. The fraction of sp³-hybridized carbons (Fsp3) is 0.214. The Kier molecular flexibility index (Phi) is 7.28. The van der Waals surface area contributed by atoms with E-state index in [0.717, 1.165) is 0 Å². The molecular weight excluding hydrogens is 665 g/mol. The lowest BCUT2D eigenvalue weighted by Gasteiger charge is -2.45. The molecule has 8 nitrogen and oxygen atoms in total. The summed E-state index contributed by atoms with van der Waals surface area (Å²) in [5.74, 6) is -1.84. The third-order valence-electron chi connectivity index (χ3n) is 10.5. The van der Waals surface area contributed by atoms with Gasteiger partial charge in [-0.3, -0.25) is 4.79 Å². The Morgan fingerprint density at radius 1 is 0.745 bits per heavy atom. The normalized spacial score (nSPS) is 25.9. The molecule has 256 valence electrons. The monoisotopic (exact) mass is 698 g/mol. The Bertz CT molecular complexity index is 2400. The zero-order valence-electron chi connectivity index (χ0n) is 28.3. The van der Waals surface area contributed by atoms with E-state index in [9.17, 15) is 22.8 Å². The molecule has 5 atom stereocenters. The molecule has 0 radical (unpaired) electrons. The number of carbonyl (C=O) groups is 3. The number of ether oxygens (including phenoxy) is 3. The van der Waals surface area contributed by atoms with Gasteiger partial charge in [-0.2, -0.15) is 0 Å². The van der Waals surface area contributed by atoms with Gasteiger partial charge in [0.05, 0.1) is 22.0 Å². The molecule has 1 aliphatic carbocycles. The van der Waals surface area contributed by atoms with E-state index < -0.39 is 33.0 Å². The smallest absolute Gasteiger partial charge is 0.334 e. The summed E-state index contributed by atoms with van der Waals surface area (Å²) in [6.45, 7) is 12.4. The highest BCUT2D eigenvalue weighted by Crippen LogP contribution is 2.55. The van der Waals surface area contributed by atoms with Gasteiger partial charge in [0.25, 0.3) is 0 Å². The van der Waals surface area contributed by atoms with E-state index >= 15 is 0 Å². The van der Waals surface area contributed by atoms with Crippen molar-refractivity contribution in [2.24, 2.45) is 5.92 Å². The molecule has 51 heavy (non-hydrogen) atoms. The molecule has 3 aliphatic heterocycles. The van der Waals surface area contributed by atoms with Gasteiger partial charge in [-0.05, 0) is 62.6 Å². The van der Waals surface area contributed by atoms with Crippen molar-refractivity contribution in [2.45, 2.75) is 60.4 Å². The van der Waals surface area contributed by atoms with Crippen LogP contribution in [0.1, 0.15) is 65.4 Å². The number of ketones is 1. The van der Waals surface area contributed by atoms with Crippen LogP contribution in [-0.4, -0.2) is 38.3 Å². The van der Waals surface area contributed by atoms with E-state index in [4.69, 9.17) is 14.2 Å². The number of fused-ring (bicyclic) bond motifs is 6. The first-order chi connectivity index (χ1) is 24.3. The second kappa shape index (κ2) is 11.3. The number of benzene rings is 4. The molecule has 0 spiro atoms. The van der Waals surface area contributed by atoms with E-state index in [1.165, 1.54) is 13.0 Å². The van der Waals surface area contributed by atoms with Crippen molar-refractivity contribution in [3.8, 4) is 11.1 Å². The number of carbonyl (C=O) groups excluding carboxylic acids is 3. The van der Waals surface area contributed by atoms with Crippen LogP contribution in [-0.2, 0) is 44.8 Å². The van der Waals surface area contributed by atoms with Gasteiger partial charge in [0.1, 0.15) is 0 Å². The van der Waals surface area contributed by atoms with E-state index in [1.807, 2.05) is 30.4 Å². The van der Waals surface area contributed by atoms with Crippen LogP contribution in [0, 0.1) is 5.92 Å². The van der Waals surface area contributed by atoms with Gasteiger partial charge in [-0.1, -0.05) is 86.0 Å². The van der Waals surface area contributed by atoms with Crippen LogP contribution >= 0.6 is 0 Å². The van der Waals surface area contributed by atoms with Crippen LogP contribution in [0.5, 0.6) is 0 Å². The lowest BCUT2D eigenvalue weighted by molar-refractivity contribution is -0.159. The van der Waals surface area contributed by atoms with Gasteiger partial charge >= 0.3 is 11.9 Å². The molecule has 0 N–H and O–H groups in total. The highest BCUT2D eigenvalue weighted by atomic mass is 32.2. The highest BCUT2D eigenvalue weighted by Gasteiger charge is 2.58. The minimum absolute atomic E-state index is 0.0125. The van der Waals surface area contributed by atoms with Gasteiger partial charge in [-0.15, -0.1) is 0 Å². The van der Waals surface area contributed by atoms with Gasteiger partial charge in [0.15, 0.2) is 17.0 Å². The Labute approximate surface area is 296 Å². The summed E-state index contributed by atoms with van der Waals surface area (Å²) in [5.41, 5.74) is 1.14. The van der Waals surface area contributed by atoms with E-state index in [1.54, 1.807) is 74.5 Å². The highest BCUT2D eigenvalue weighted by molar-refractivity contribution is 7.91. The topological polar surface area (TPSA) is 113 Å². The Hall–Kier alpha value is -5.38. The number of sulfone groups is 1. The molecule has 5 unspecified atom stereocenters. The molecule has 0 saturated carbocycles. The molecular formula is C42H34O8S. The number of hydrogen-bond acceptors (Lipinski definition) is 8. The summed E-state index contributed by atoms with van der Waals surface area (Å²) >= 11 is 0. The fourth-order valence-electron chi connectivity index (χ4n) is 8.07. The van der Waals surface area contributed by atoms with Crippen LogP contribution in [0.3, 0.4) is 0 Å². The Morgan fingerprint density at radius 2 is 1.35 bits per heavy atom. The van der Waals surface area contributed by atoms with E-state index in [2.05, 4.69) is 13.2 Å². The average molecular weight is 699 g/mol. The molecule has 9 heteroatoms. The predicted molar refractivity (Wildman–Crippen MR) is 189 cm³/mol. The maximum atomic E-state index is 14.2. The molecule has 8 rings (SSSR count). The van der Waals surface area contributed by atoms with Crippen LogP contribution < -0.4 is 0 Å². The van der Waals surface area contributed by atoms with Crippen molar-refractivity contribution >= 4 is 27.6 Å². The Balaban J connectivity index is 1.35. The zero-order chi connectivity index (χ0) is 36.0. The van der Waals surface area contributed by atoms with E-state index in [-0.39, 0.29) is 44.8 Å². The van der Waals surface area contributed by atoms with Crippen molar-refractivity contribution < 1.29 is 37.0 Å². The Morgan fingerprint density at radius 3 is 2.04 bits per heavy atom. The molecule has 2 bridgehead atoms. The zero-order valence-corrected chi connectivity index (χ0v) is 29.1. The molecule has 4 aromatic rings. The molecule has 1 saturated heterocycles. The molecule has 0 aromatic heterocycles. The average Bonchev–Trinajstić information content (AvgIpc) is 3.77. The SMILES string of the molecule is C=C(C)C(=O)OC1(C)c2ccccc2S(=O)(=O)c2cc(-c3ccc4c(c3)C(OC(=O)C(=C)C)(C3CC5C=CC3O5)c3ccccc3C4=O)ccc21. The van der Waals surface area contributed by atoms with Crippen molar-refractivity contribution in [3.63, 3.8) is 0 Å². The summed E-state index contributed by atoms with van der Waals surface area (Å²) in [5, 5.41) is 0. The molecule has 3 heterocycles. The first kappa shape index (κ1) is 32.8. The number of esters is 2. The molecule has 4 aromatic carbocycles. The second-order valence-corrected chi connectivity index (χ2v) is 15.7. The van der Waals surface area contributed by atoms with Crippen LogP contribution in [0.2, 0.25) is 0 Å². The van der Waals surface area contributed by atoms with Crippen LogP contribution in [0.15, 0.2) is 131 Å². The van der Waals surface area contributed by atoms with Crippen molar-refractivity contribution in [3.05, 3.63) is 155 Å². The van der Waals surface area contributed by atoms with Crippen LogP contribution in [0.4, 0.5) is 0 Å². The molecule has 0 amide bonds. The lowest BCUT2D eigenvalue weighted by atomic mass is 9.64. The van der Waals surface area contributed by atoms with E-state index in [0.29, 0.717) is 50.9 Å². The molecule has 4 aliphatic rings. The maximum absolute atomic E-state index is 14.2. The number of hydrogen-bond donors (Lipinski definition) is 0. The van der Waals surface area contributed by atoms with Crippen LogP contribution in [0.25, 0.3) is 11.1 Å². The van der Waals surface area contributed by atoms with Crippen molar-refractivity contribution in [1.82, 2.24) is 0 Å². The third kappa shape index (κ3) is 4.68. The third-order valence-corrected chi connectivity index (χ3v) is 12.4. The van der Waals surface area contributed by atoms with Crippen molar-refractivity contribution in [2.75, 3.05) is 0 Å². The van der Waals surface area contributed by atoms with Gasteiger partial charge < -0.3 is 14.2 Å². The summed E-state index contributed by atoms with van der Waals surface area (Å²) in [7, 11) is -4.06. The number of rotatable bonds is 6. The molecule has 1 fully saturated rings. The second-order valence-electron chi connectivity index (χ2n) is 13.8. The van der Waals surface area contributed by atoms with Gasteiger partial charge in [-0.25, -0.2) is 18.0 Å². The summed E-state index contributed by atoms with van der Waals surface area (Å²) < 4.78 is 47.3. The minimum Gasteiger partial charge on any atom is -0.446 e. The summed E-state index contributed by atoms with van der Waals surface area (Å²) in [6.07, 6.45) is 3.98. The first-order valence-electron chi connectivity index (χ1n) is 16.7. The van der Waals surface area contributed by atoms with Gasteiger partial charge in [0.2, 0.25) is 9.84 Å². The fourth-order valence-corrected chi connectivity index (χ4v) is 9.95. The maximum Gasteiger partial charge on any atom is 0.334 e. The van der Waals surface area contributed by atoms with Crippen molar-refractivity contribution in [1.29, 1.82) is 0 Å². The quantitative estimate of drug-likeness (QED) is 0.119. The predicted octanol–water partition coefficient (Wildman–Crippen LogP) is 7.13. The lowest BCUT2D eigenvalue weighted by Crippen LogP contribution is -2.48. The largest absolute Gasteiger partial charge is 0.446 e. The van der Waals surface area contributed by atoms with Gasteiger partial charge in [0, 0.05) is 50.4 Å². The summed E-state index contributed by atoms with van der Waals surface area (Å²) in [4.78, 5) is 40.6. The standard InChI is InChI=1S/C42H34O8S/c1-23(2)39(44)49-41(5)31-12-8-9-13-36(31)51(46,47)37-21-26(15-18-32(37)41)25-14-17-29-33(20-25)42(50-40(45)24(3)4,34-22-27-16-19-35(34)48-27)30-11-7-6-10-28(30)38(29)43/h6-21,27,34-35H,1,3,22H2,2,4-5H3. The summed E-state index contributed by atoms with van der Waals surface area (Å²) in [6, 6.07) is 23.9.